The first-order valence-electron chi connectivity index (χ1n) is 7.70. The van der Waals surface area contributed by atoms with Gasteiger partial charge in [0.1, 0.15) is 5.75 Å². The molecule has 1 aliphatic heterocycles. The summed E-state index contributed by atoms with van der Waals surface area (Å²) < 4.78 is 5.47. The van der Waals surface area contributed by atoms with Crippen molar-refractivity contribution in [1.29, 1.82) is 0 Å². The molecule has 0 amide bonds. The van der Waals surface area contributed by atoms with Crippen LogP contribution in [0.3, 0.4) is 0 Å². The molecule has 1 fully saturated rings. The molecular formula is C18H24N2O. The van der Waals surface area contributed by atoms with Gasteiger partial charge in [-0.05, 0) is 29.4 Å². The molecule has 1 aliphatic rings. The van der Waals surface area contributed by atoms with Gasteiger partial charge in [-0.15, -0.1) is 0 Å². The molecule has 0 saturated carbocycles. The van der Waals surface area contributed by atoms with Crippen LogP contribution in [-0.2, 0) is 6.54 Å². The molecule has 0 radical (unpaired) electrons. The van der Waals surface area contributed by atoms with E-state index >= 15 is 0 Å². The average molecular weight is 284 g/mol. The lowest BCUT2D eigenvalue weighted by atomic mass is 9.95. The maximum atomic E-state index is 6.17. The molecule has 2 aromatic rings. The number of likely N-dealkylation sites (tertiary alicyclic amines) is 1. The molecule has 3 heteroatoms. The van der Waals surface area contributed by atoms with Gasteiger partial charge in [0.05, 0.1) is 7.11 Å². The molecule has 21 heavy (non-hydrogen) atoms. The maximum absolute atomic E-state index is 6.17. The van der Waals surface area contributed by atoms with E-state index in [9.17, 15) is 0 Å². The van der Waals surface area contributed by atoms with Gasteiger partial charge in [-0.3, -0.25) is 4.90 Å². The van der Waals surface area contributed by atoms with Crippen molar-refractivity contribution < 1.29 is 4.74 Å². The molecule has 3 nitrogen and oxygen atoms in total. The van der Waals surface area contributed by atoms with Crippen LogP contribution >= 0.6 is 0 Å². The number of hydrogen-bond donors (Lipinski definition) is 1. The molecule has 0 aromatic heterocycles. The quantitative estimate of drug-likeness (QED) is 0.941. The van der Waals surface area contributed by atoms with E-state index in [0.29, 0.717) is 12.0 Å². The summed E-state index contributed by atoms with van der Waals surface area (Å²) in [4.78, 5) is 2.48. The summed E-state index contributed by atoms with van der Waals surface area (Å²) in [6.07, 6.45) is 1.14. The fourth-order valence-corrected chi connectivity index (χ4v) is 3.53. The van der Waals surface area contributed by atoms with Crippen molar-refractivity contribution in [3.05, 3.63) is 42.0 Å². The molecule has 1 heterocycles. The summed E-state index contributed by atoms with van der Waals surface area (Å²) in [5.41, 5.74) is 7.52. The highest BCUT2D eigenvalue weighted by Gasteiger charge is 2.22. The Labute approximate surface area is 126 Å². The Balaban J connectivity index is 1.90. The van der Waals surface area contributed by atoms with E-state index in [4.69, 9.17) is 10.5 Å². The van der Waals surface area contributed by atoms with E-state index in [-0.39, 0.29) is 0 Å². The van der Waals surface area contributed by atoms with E-state index in [0.717, 1.165) is 31.8 Å². The molecular weight excluding hydrogens is 260 g/mol. The standard InChI is InChI=1S/C18H24N2O/c1-13-9-15(19)12-20(10-13)11-14-7-8-18(21-2)17-6-4-3-5-16(14)17/h3-8,13,15H,9-12,19H2,1-2H3. The zero-order chi connectivity index (χ0) is 14.8. The topological polar surface area (TPSA) is 38.5 Å². The minimum absolute atomic E-state index is 0.304. The Morgan fingerprint density at radius 3 is 2.62 bits per heavy atom. The first-order chi connectivity index (χ1) is 10.2. The lowest BCUT2D eigenvalue weighted by Crippen LogP contribution is -2.45. The summed E-state index contributed by atoms with van der Waals surface area (Å²) in [5.74, 6) is 1.62. The predicted molar refractivity (Wildman–Crippen MR) is 87.5 cm³/mol. The normalized spacial score (nSPS) is 23.4. The number of nitrogens with two attached hydrogens (primary N) is 1. The number of hydrogen-bond acceptors (Lipinski definition) is 3. The number of ether oxygens (including phenoxy) is 1. The van der Waals surface area contributed by atoms with Gasteiger partial charge in [0, 0.05) is 31.1 Å². The van der Waals surface area contributed by atoms with Crippen LogP contribution in [0.25, 0.3) is 10.8 Å². The van der Waals surface area contributed by atoms with Crippen LogP contribution in [-0.4, -0.2) is 31.1 Å². The maximum Gasteiger partial charge on any atom is 0.126 e. The van der Waals surface area contributed by atoms with Crippen LogP contribution in [0.2, 0.25) is 0 Å². The second-order valence-corrected chi connectivity index (χ2v) is 6.27. The Hall–Kier alpha value is -1.58. The van der Waals surface area contributed by atoms with Gasteiger partial charge in [-0.1, -0.05) is 37.3 Å². The van der Waals surface area contributed by atoms with Crippen LogP contribution < -0.4 is 10.5 Å². The highest BCUT2D eigenvalue weighted by atomic mass is 16.5. The molecule has 3 rings (SSSR count). The van der Waals surface area contributed by atoms with Crippen molar-refractivity contribution in [2.24, 2.45) is 11.7 Å². The van der Waals surface area contributed by atoms with Crippen molar-refractivity contribution in [1.82, 2.24) is 4.90 Å². The van der Waals surface area contributed by atoms with E-state index in [1.54, 1.807) is 7.11 Å². The second kappa shape index (κ2) is 6.04. The number of nitrogens with zero attached hydrogens (tertiary/aromatic N) is 1. The van der Waals surface area contributed by atoms with E-state index in [1.807, 2.05) is 0 Å². The summed E-state index contributed by atoms with van der Waals surface area (Å²) in [5, 5.41) is 2.47. The van der Waals surface area contributed by atoms with Gasteiger partial charge < -0.3 is 10.5 Å². The van der Waals surface area contributed by atoms with Crippen LogP contribution in [0.4, 0.5) is 0 Å². The van der Waals surface area contributed by atoms with E-state index in [2.05, 4.69) is 48.2 Å². The van der Waals surface area contributed by atoms with Gasteiger partial charge in [-0.25, -0.2) is 0 Å². The fourth-order valence-electron chi connectivity index (χ4n) is 3.53. The van der Waals surface area contributed by atoms with Crippen LogP contribution in [0, 0.1) is 5.92 Å². The Bertz CT molecular complexity index is 616. The van der Waals surface area contributed by atoms with Crippen molar-refractivity contribution in [2.75, 3.05) is 20.2 Å². The van der Waals surface area contributed by atoms with Crippen LogP contribution in [0.1, 0.15) is 18.9 Å². The zero-order valence-corrected chi connectivity index (χ0v) is 12.9. The zero-order valence-electron chi connectivity index (χ0n) is 12.9. The van der Waals surface area contributed by atoms with E-state index in [1.165, 1.54) is 16.3 Å². The fraction of sp³-hybridized carbons (Fsp3) is 0.444. The third-order valence-electron chi connectivity index (χ3n) is 4.36. The number of benzene rings is 2. The highest BCUT2D eigenvalue weighted by Crippen LogP contribution is 2.29. The molecule has 0 bridgehead atoms. The van der Waals surface area contributed by atoms with Gasteiger partial charge in [0.15, 0.2) is 0 Å². The van der Waals surface area contributed by atoms with Gasteiger partial charge in [0.25, 0.3) is 0 Å². The summed E-state index contributed by atoms with van der Waals surface area (Å²) in [6, 6.07) is 13.0. The number of rotatable bonds is 3. The molecule has 112 valence electrons. The van der Waals surface area contributed by atoms with Crippen LogP contribution in [0.15, 0.2) is 36.4 Å². The molecule has 2 aromatic carbocycles. The minimum Gasteiger partial charge on any atom is -0.496 e. The molecule has 0 spiro atoms. The number of fused-ring (bicyclic) bond motifs is 1. The first kappa shape index (κ1) is 14.4. The van der Waals surface area contributed by atoms with Gasteiger partial charge >= 0.3 is 0 Å². The summed E-state index contributed by atoms with van der Waals surface area (Å²) >= 11 is 0. The summed E-state index contributed by atoms with van der Waals surface area (Å²) in [6.45, 7) is 5.37. The molecule has 2 atom stereocenters. The SMILES string of the molecule is COc1ccc(CN2CC(C)CC(N)C2)c2ccccc12. The predicted octanol–water partition coefficient (Wildman–Crippen LogP) is 3.02. The Morgan fingerprint density at radius 1 is 1.14 bits per heavy atom. The number of methoxy groups -OCH3 is 1. The van der Waals surface area contributed by atoms with Crippen molar-refractivity contribution in [3.63, 3.8) is 0 Å². The van der Waals surface area contributed by atoms with Crippen LogP contribution in [0.5, 0.6) is 5.75 Å². The van der Waals surface area contributed by atoms with E-state index < -0.39 is 0 Å². The third-order valence-corrected chi connectivity index (χ3v) is 4.36. The Morgan fingerprint density at radius 2 is 1.90 bits per heavy atom. The van der Waals surface area contributed by atoms with Crippen molar-refractivity contribution in [2.45, 2.75) is 25.9 Å². The van der Waals surface area contributed by atoms with Gasteiger partial charge in [-0.2, -0.15) is 0 Å². The monoisotopic (exact) mass is 284 g/mol. The second-order valence-electron chi connectivity index (χ2n) is 6.27. The molecule has 0 aliphatic carbocycles. The average Bonchev–Trinajstić information content (AvgIpc) is 2.46. The minimum atomic E-state index is 0.304. The molecule has 2 unspecified atom stereocenters. The largest absolute Gasteiger partial charge is 0.496 e. The molecule has 1 saturated heterocycles. The third kappa shape index (κ3) is 3.04. The summed E-state index contributed by atoms with van der Waals surface area (Å²) in [7, 11) is 1.73. The number of piperidine rings is 1. The van der Waals surface area contributed by atoms with Gasteiger partial charge in [0.2, 0.25) is 0 Å². The Kier molecular flexibility index (Phi) is 4.13. The lowest BCUT2D eigenvalue weighted by molar-refractivity contribution is 0.159. The van der Waals surface area contributed by atoms with Crippen molar-refractivity contribution >= 4 is 10.8 Å². The molecule has 2 N–H and O–H groups in total. The van der Waals surface area contributed by atoms with Crippen molar-refractivity contribution in [3.8, 4) is 5.75 Å². The highest BCUT2D eigenvalue weighted by molar-refractivity contribution is 5.91. The smallest absolute Gasteiger partial charge is 0.126 e. The lowest BCUT2D eigenvalue weighted by Gasteiger charge is -2.35. The first-order valence-corrected chi connectivity index (χ1v) is 7.70.